The molecule has 2 aromatic carbocycles. The van der Waals surface area contributed by atoms with Crippen LogP contribution in [-0.4, -0.2) is 18.2 Å². The largest absolute Gasteiger partial charge is 0.494 e. The molecular weight excluding hydrogens is 384 g/mol. The van der Waals surface area contributed by atoms with Gasteiger partial charge in [-0.05, 0) is 30.2 Å². The number of ether oxygens (including phenoxy) is 1. The summed E-state index contributed by atoms with van der Waals surface area (Å²) in [4.78, 5) is 25.0. The molecule has 1 aliphatic carbocycles. The third-order valence-corrected chi connectivity index (χ3v) is 5.86. The molecule has 0 N–H and O–H groups in total. The number of unbranched alkanes of at least 4 members (excludes halogenated alkanes) is 9. The minimum absolute atomic E-state index is 0.193. The lowest BCUT2D eigenvalue weighted by Gasteiger charge is -2.07. The Balaban J connectivity index is 1.36. The molecule has 1 aliphatic rings. The van der Waals surface area contributed by atoms with Gasteiger partial charge in [-0.2, -0.15) is 0 Å². The Hall–Kier alpha value is -2.68. The monoisotopic (exact) mass is 418 g/mol. The summed E-state index contributed by atoms with van der Waals surface area (Å²) in [6.07, 6.45) is 14.8. The van der Waals surface area contributed by atoms with E-state index in [4.69, 9.17) is 4.74 Å². The Morgan fingerprint density at radius 3 is 1.74 bits per heavy atom. The number of rotatable bonds is 13. The van der Waals surface area contributed by atoms with Gasteiger partial charge in [0, 0.05) is 11.1 Å². The van der Waals surface area contributed by atoms with E-state index < -0.39 is 0 Å². The molecule has 0 aliphatic heterocycles. The van der Waals surface area contributed by atoms with E-state index in [1.807, 2.05) is 24.3 Å². The predicted molar refractivity (Wildman–Crippen MR) is 127 cm³/mol. The highest BCUT2D eigenvalue weighted by atomic mass is 16.5. The van der Waals surface area contributed by atoms with Crippen molar-refractivity contribution in [2.24, 2.45) is 0 Å². The maximum absolute atomic E-state index is 12.5. The molecule has 0 aromatic heterocycles. The second-order valence-electron chi connectivity index (χ2n) is 8.36. The van der Waals surface area contributed by atoms with Gasteiger partial charge in [-0.3, -0.25) is 9.59 Å². The topological polar surface area (TPSA) is 43.4 Å². The Morgan fingerprint density at radius 2 is 1.19 bits per heavy atom. The van der Waals surface area contributed by atoms with Crippen LogP contribution in [0.25, 0.3) is 6.08 Å². The quantitative estimate of drug-likeness (QED) is 0.193. The highest BCUT2D eigenvalue weighted by Crippen LogP contribution is 2.28. The van der Waals surface area contributed by atoms with Crippen LogP contribution in [0.2, 0.25) is 0 Å². The Kier molecular flexibility index (Phi) is 9.08. The van der Waals surface area contributed by atoms with Crippen molar-refractivity contribution in [1.29, 1.82) is 0 Å². The van der Waals surface area contributed by atoms with Gasteiger partial charge < -0.3 is 4.74 Å². The zero-order valence-corrected chi connectivity index (χ0v) is 18.7. The molecule has 0 fully saturated rings. The van der Waals surface area contributed by atoms with Crippen LogP contribution in [0.4, 0.5) is 0 Å². The van der Waals surface area contributed by atoms with E-state index in [9.17, 15) is 9.59 Å². The van der Waals surface area contributed by atoms with E-state index in [0.29, 0.717) is 11.1 Å². The normalized spacial score (nSPS) is 12.9. The van der Waals surface area contributed by atoms with E-state index in [1.165, 1.54) is 57.8 Å². The molecule has 3 nitrogen and oxygen atoms in total. The van der Waals surface area contributed by atoms with Crippen LogP contribution in [0, 0.1) is 0 Å². The Morgan fingerprint density at radius 1 is 0.677 bits per heavy atom. The molecule has 3 rings (SSSR count). The first-order valence-corrected chi connectivity index (χ1v) is 11.8. The standard InChI is InChI=1S/C28H34O3/c1-2-3-4-5-6-7-8-9-10-13-20-31-23-18-16-22(17-19-23)21-26-27(29)24-14-11-12-15-25(24)28(26)30/h11-12,14-19,21H,2-10,13,20H2,1H3. The third-order valence-electron chi connectivity index (χ3n) is 5.86. The molecule has 0 saturated carbocycles. The van der Waals surface area contributed by atoms with Crippen LogP contribution in [0.15, 0.2) is 54.1 Å². The van der Waals surface area contributed by atoms with Gasteiger partial charge in [-0.15, -0.1) is 0 Å². The van der Waals surface area contributed by atoms with E-state index in [1.54, 1.807) is 30.3 Å². The molecular formula is C28H34O3. The number of fused-ring (bicyclic) bond motifs is 1. The van der Waals surface area contributed by atoms with Crippen molar-refractivity contribution < 1.29 is 14.3 Å². The molecule has 0 atom stereocenters. The van der Waals surface area contributed by atoms with E-state index in [-0.39, 0.29) is 17.1 Å². The summed E-state index contributed by atoms with van der Waals surface area (Å²) in [5.74, 6) is 0.439. The predicted octanol–water partition coefficient (Wildman–Crippen LogP) is 7.45. The maximum atomic E-state index is 12.5. The van der Waals surface area contributed by atoms with Crippen molar-refractivity contribution in [1.82, 2.24) is 0 Å². The van der Waals surface area contributed by atoms with Crippen LogP contribution in [0.5, 0.6) is 5.75 Å². The van der Waals surface area contributed by atoms with Gasteiger partial charge in [-0.25, -0.2) is 0 Å². The molecule has 0 amide bonds. The summed E-state index contributed by atoms with van der Waals surface area (Å²) in [6, 6.07) is 14.6. The second-order valence-corrected chi connectivity index (χ2v) is 8.36. The van der Waals surface area contributed by atoms with Crippen molar-refractivity contribution in [2.45, 2.75) is 71.1 Å². The zero-order valence-electron chi connectivity index (χ0n) is 18.7. The van der Waals surface area contributed by atoms with Crippen LogP contribution in [0.3, 0.4) is 0 Å². The van der Waals surface area contributed by atoms with Gasteiger partial charge in [0.15, 0.2) is 11.6 Å². The van der Waals surface area contributed by atoms with Gasteiger partial charge in [0.05, 0.1) is 12.2 Å². The number of Topliss-reactive ketones (excluding diaryl/α,β-unsaturated/α-hetero) is 2. The van der Waals surface area contributed by atoms with E-state index in [0.717, 1.165) is 24.3 Å². The molecule has 3 heteroatoms. The van der Waals surface area contributed by atoms with Gasteiger partial charge in [0.1, 0.15) is 5.75 Å². The molecule has 0 spiro atoms. The third kappa shape index (κ3) is 6.65. The highest BCUT2D eigenvalue weighted by molar-refractivity contribution is 6.41. The molecule has 31 heavy (non-hydrogen) atoms. The summed E-state index contributed by atoms with van der Waals surface area (Å²) in [7, 11) is 0. The lowest BCUT2D eigenvalue weighted by Crippen LogP contribution is -2.00. The molecule has 164 valence electrons. The van der Waals surface area contributed by atoms with Gasteiger partial charge in [0.25, 0.3) is 0 Å². The fraction of sp³-hybridized carbons (Fsp3) is 0.429. The van der Waals surface area contributed by atoms with Crippen LogP contribution in [-0.2, 0) is 0 Å². The smallest absolute Gasteiger partial charge is 0.197 e. The number of benzene rings is 2. The number of carbonyl (C=O) groups is 2. The van der Waals surface area contributed by atoms with Crippen molar-refractivity contribution >= 4 is 17.6 Å². The van der Waals surface area contributed by atoms with E-state index >= 15 is 0 Å². The highest BCUT2D eigenvalue weighted by Gasteiger charge is 2.32. The average molecular weight is 419 g/mol. The lowest BCUT2D eigenvalue weighted by molar-refractivity contribution is 0.0990. The van der Waals surface area contributed by atoms with Crippen LogP contribution >= 0.6 is 0 Å². The number of allylic oxidation sites excluding steroid dienone is 1. The first-order chi connectivity index (χ1) is 15.2. The van der Waals surface area contributed by atoms with Crippen molar-refractivity contribution in [2.75, 3.05) is 6.61 Å². The summed E-state index contributed by atoms with van der Waals surface area (Å²) < 4.78 is 5.84. The van der Waals surface area contributed by atoms with Gasteiger partial charge in [0.2, 0.25) is 0 Å². The molecule has 0 radical (unpaired) electrons. The van der Waals surface area contributed by atoms with Gasteiger partial charge in [-0.1, -0.05) is 101 Å². The molecule has 0 saturated heterocycles. The summed E-state index contributed by atoms with van der Waals surface area (Å²) in [5, 5.41) is 0. The molecule has 0 unspecified atom stereocenters. The zero-order chi connectivity index (χ0) is 21.9. The minimum Gasteiger partial charge on any atom is -0.494 e. The second kappa shape index (κ2) is 12.2. The first kappa shape index (κ1) is 23.0. The lowest BCUT2D eigenvalue weighted by atomic mass is 10.1. The Labute approximate surface area is 186 Å². The number of ketones is 2. The summed E-state index contributed by atoms with van der Waals surface area (Å²) in [6.45, 7) is 2.98. The molecule has 0 heterocycles. The summed E-state index contributed by atoms with van der Waals surface area (Å²) in [5.41, 5.74) is 2.06. The average Bonchev–Trinajstić information content (AvgIpc) is 3.03. The maximum Gasteiger partial charge on any atom is 0.197 e. The van der Waals surface area contributed by atoms with Crippen LogP contribution in [0.1, 0.15) is 97.4 Å². The Bertz CT molecular complexity index is 856. The van der Waals surface area contributed by atoms with E-state index in [2.05, 4.69) is 6.92 Å². The molecule has 0 bridgehead atoms. The number of carbonyl (C=O) groups excluding carboxylic acids is 2. The fourth-order valence-corrected chi connectivity index (χ4v) is 4.01. The fourth-order valence-electron chi connectivity index (χ4n) is 4.01. The van der Waals surface area contributed by atoms with Crippen LogP contribution < -0.4 is 4.74 Å². The van der Waals surface area contributed by atoms with Gasteiger partial charge >= 0.3 is 0 Å². The number of hydrogen-bond acceptors (Lipinski definition) is 3. The summed E-state index contributed by atoms with van der Waals surface area (Å²) >= 11 is 0. The minimum atomic E-state index is -0.193. The van der Waals surface area contributed by atoms with Crippen molar-refractivity contribution in [3.63, 3.8) is 0 Å². The molecule has 2 aromatic rings. The first-order valence-electron chi connectivity index (χ1n) is 11.8. The van der Waals surface area contributed by atoms with Crippen molar-refractivity contribution in [3.8, 4) is 5.75 Å². The number of hydrogen-bond donors (Lipinski definition) is 0. The van der Waals surface area contributed by atoms with Crippen molar-refractivity contribution in [3.05, 3.63) is 70.8 Å². The SMILES string of the molecule is CCCCCCCCCCCCOc1ccc(C=C2C(=O)c3ccccc3C2=O)cc1.